The van der Waals surface area contributed by atoms with Crippen molar-refractivity contribution < 1.29 is 34.0 Å². The summed E-state index contributed by atoms with van der Waals surface area (Å²) in [5.41, 5.74) is 0. The summed E-state index contributed by atoms with van der Waals surface area (Å²) in [5.74, 6) is -1.33. The van der Waals surface area contributed by atoms with E-state index in [0.29, 0.717) is 0 Å². The molecule has 0 bridgehead atoms. The molecule has 0 radical (unpaired) electrons. The van der Waals surface area contributed by atoms with Crippen molar-refractivity contribution >= 4 is 5.97 Å². The van der Waals surface area contributed by atoms with E-state index in [1.165, 1.54) is 6.92 Å². The maximum absolute atomic E-state index is 10.7. The van der Waals surface area contributed by atoms with E-state index in [1.807, 2.05) is 0 Å². The zero-order valence-electron chi connectivity index (χ0n) is 10.5. The summed E-state index contributed by atoms with van der Waals surface area (Å²) in [6.45, 7) is 4.47. The van der Waals surface area contributed by atoms with Crippen LogP contribution in [0.5, 0.6) is 0 Å². The second kappa shape index (κ2) is 4.75. The summed E-state index contributed by atoms with van der Waals surface area (Å²) in [6.07, 6.45) is -4.24. The molecule has 2 saturated heterocycles. The number of carbonyl (C=O) groups is 1. The monoisotopic (exact) mass is 262 g/mol. The van der Waals surface area contributed by atoms with Gasteiger partial charge in [0.25, 0.3) is 0 Å². The third-order valence-electron chi connectivity index (χ3n) is 2.90. The summed E-state index contributed by atoms with van der Waals surface area (Å²) in [6, 6.07) is 0. The molecule has 7 nitrogen and oxygen atoms in total. The Kier molecular flexibility index (Phi) is 3.61. The Morgan fingerprint density at radius 3 is 2.61 bits per heavy atom. The SMILES string of the molecule is CC(=O)OC[C@@H](O)[C@H]1OC(O)[C@H]2OC(C)(C)O[C@@H]12. The van der Waals surface area contributed by atoms with Crippen LogP contribution in [0.2, 0.25) is 0 Å². The first-order valence-corrected chi connectivity index (χ1v) is 5.81. The molecule has 0 amide bonds. The summed E-state index contributed by atoms with van der Waals surface area (Å²) in [5, 5.41) is 19.6. The van der Waals surface area contributed by atoms with E-state index in [0.717, 1.165) is 0 Å². The number of aliphatic hydroxyl groups is 2. The normalized spacial score (nSPS) is 39.4. The molecule has 7 heteroatoms. The second-order valence-corrected chi connectivity index (χ2v) is 4.93. The predicted molar refractivity (Wildman–Crippen MR) is 57.3 cm³/mol. The molecule has 0 aromatic carbocycles. The zero-order chi connectivity index (χ0) is 13.5. The van der Waals surface area contributed by atoms with Crippen molar-refractivity contribution in [1.29, 1.82) is 0 Å². The molecule has 2 N–H and O–H groups in total. The summed E-state index contributed by atoms with van der Waals surface area (Å²) in [4.78, 5) is 10.7. The van der Waals surface area contributed by atoms with Gasteiger partial charge in [0.1, 0.15) is 31.0 Å². The molecular weight excluding hydrogens is 244 g/mol. The molecule has 104 valence electrons. The lowest BCUT2D eigenvalue weighted by atomic mass is 10.1. The number of carbonyl (C=O) groups excluding carboxylic acids is 1. The van der Waals surface area contributed by atoms with Gasteiger partial charge in [-0.1, -0.05) is 0 Å². The fourth-order valence-corrected chi connectivity index (χ4v) is 2.21. The fraction of sp³-hybridized carbons (Fsp3) is 0.909. The molecule has 0 saturated carbocycles. The van der Waals surface area contributed by atoms with Crippen LogP contribution in [0.4, 0.5) is 0 Å². The van der Waals surface area contributed by atoms with Crippen LogP contribution in [0.25, 0.3) is 0 Å². The van der Waals surface area contributed by atoms with E-state index < -0.39 is 42.5 Å². The van der Waals surface area contributed by atoms with Gasteiger partial charge in [0.2, 0.25) is 0 Å². The van der Waals surface area contributed by atoms with E-state index in [4.69, 9.17) is 18.9 Å². The smallest absolute Gasteiger partial charge is 0.302 e. The van der Waals surface area contributed by atoms with Gasteiger partial charge < -0.3 is 29.2 Å². The first-order chi connectivity index (χ1) is 8.30. The molecule has 2 aliphatic heterocycles. The van der Waals surface area contributed by atoms with Gasteiger partial charge in [0, 0.05) is 6.92 Å². The highest BCUT2D eigenvalue weighted by Crippen LogP contribution is 2.38. The maximum atomic E-state index is 10.7. The Hall–Kier alpha value is -0.730. The van der Waals surface area contributed by atoms with E-state index in [-0.39, 0.29) is 6.61 Å². The van der Waals surface area contributed by atoms with Crippen molar-refractivity contribution in [2.75, 3.05) is 6.61 Å². The van der Waals surface area contributed by atoms with E-state index in [9.17, 15) is 15.0 Å². The maximum Gasteiger partial charge on any atom is 0.302 e. The van der Waals surface area contributed by atoms with Gasteiger partial charge in [-0.05, 0) is 13.8 Å². The molecule has 2 heterocycles. The third-order valence-corrected chi connectivity index (χ3v) is 2.90. The topological polar surface area (TPSA) is 94.5 Å². The van der Waals surface area contributed by atoms with Gasteiger partial charge in [-0.3, -0.25) is 4.79 Å². The van der Waals surface area contributed by atoms with Crippen molar-refractivity contribution in [2.45, 2.75) is 57.3 Å². The molecule has 0 spiro atoms. The molecule has 0 aromatic rings. The molecule has 2 fully saturated rings. The largest absolute Gasteiger partial charge is 0.463 e. The Morgan fingerprint density at radius 1 is 1.39 bits per heavy atom. The van der Waals surface area contributed by atoms with Crippen LogP contribution in [0.3, 0.4) is 0 Å². The summed E-state index contributed by atoms with van der Waals surface area (Å²) >= 11 is 0. The Balaban J connectivity index is 1.99. The molecule has 18 heavy (non-hydrogen) atoms. The summed E-state index contributed by atoms with van der Waals surface area (Å²) in [7, 11) is 0. The highest BCUT2D eigenvalue weighted by atomic mass is 16.8. The quantitative estimate of drug-likeness (QED) is 0.639. The van der Waals surface area contributed by atoms with Crippen LogP contribution in [-0.2, 0) is 23.7 Å². The number of fused-ring (bicyclic) bond motifs is 1. The Bertz CT molecular complexity index is 329. The first kappa shape index (κ1) is 13.7. The lowest BCUT2D eigenvalue weighted by Gasteiger charge is -2.25. The minimum atomic E-state index is -1.16. The van der Waals surface area contributed by atoms with Gasteiger partial charge >= 0.3 is 5.97 Å². The Labute approximate surface area is 105 Å². The number of ether oxygens (including phenoxy) is 4. The molecule has 2 aliphatic rings. The van der Waals surface area contributed by atoms with Crippen LogP contribution >= 0.6 is 0 Å². The average molecular weight is 262 g/mol. The first-order valence-electron chi connectivity index (χ1n) is 5.81. The molecule has 0 aliphatic carbocycles. The lowest BCUT2D eigenvalue weighted by molar-refractivity contribution is -0.232. The number of hydrogen-bond acceptors (Lipinski definition) is 7. The molecule has 2 rings (SSSR count). The molecule has 5 atom stereocenters. The van der Waals surface area contributed by atoms with Crippen LogP contribution in [0.15, 0.2) is 0 Å². The summed E-state index contributed by atoms with van der Waals surface area (Å²) < 4.78 is 20.9. The van der Waals surface area contributed by atoms with Gasteiger partial charge in [0.15, 0.2) is 12.1 Å². The van der Waals surface area contributed by atoms with Crippen molar-refractivity contribution in [3.8, 4) is 0 Å². The van der Waals surface area contributed by atoms with Crippen molar-refractivity contribution in [2.24, 2.45) is 0 Å². The molecule has 1 unspecified atom stereocenters. The van der Waals surface area contributed by atoms with Crippen molar-refractivity contribution in [1.82, 2.24) is 0 Å². The van der Waals surface area contributed by atoms with Gasteiger partial charge in [-0.15, -0.1) is 0 Å². The zero-order valence-corrected chi connectivity index (χ0v) is 10.5. The highest BCUT2D eigenvalue weighted by molar-refractivity contribution is 5.65. The number of esters is 1. The molecule has 0 aromatic heterocycles. The van der Waals surface area contributed by atoms with Gasteiger partial charge in [-0.2, -0.15) is 0 Å². The van der Waals surface area contributed by atoms with Crippen LogP contribution < -0.4 is 0 Å². The number of aliphatic hydroxyl groups excluding tert-OH is 2. The lowest BCUT2D eigenvalue weighted by Crippen LogP contribution is -2.41. The van der Waals surface area contributed by atoms with Crippen molar-refractivity contribution in [3.63, 3.8) is 0 Å². The standard InChI is InChI=1S/C11H18O7/c1-5(12)15-4-6(13)7-8-9(10(14)16-7)18-11(2,3)17-8/h6-10,13-14H,4H2,1-3H3/t6-,7-,8+,9+,10?/m1/s1. The minimum absolute atomic E-state index is 0.209. The van der Waals surface area contributed by atoms with Gasteiger partial charge in [-0.25, -0.2) is 0 Å². The highest BCUT2D eigenvalue weighted by Gasteiger charge is 2.56. The van der Waals surface area contributed by atoms with Gasteiger partial charge in [0.05, 0.1) is 0 Å². The van der Waals surface area contributed by atoms with Crippen LogP contribution in [0.1, 0.15) is 20.8 Å². The number of rotatable bonds is 3. The fourth-order valence-electron chi connectivity index (χ4n) is 2.21. The molecular formula is C11H18O7. The van der Waals surface area contributed by atoms with E-state index in [1.54, 1.807) is 13.8 Å². The van der Waals surface area contributed by atoms with Crippen LogP contribution in [-0.4, -0.2) is 59.3 Å². The predicted octanol–water partition coefficient (Wildman–Crippen LogP) is -0.852. The van der Waals surface area contributed by atoms with E-state index in [2.05, 4.69) is 0 Å². The van der Waals surface area contributed by atoms with Crippen LogP contribution in [0, 0.1) is 0 Å². The van der Waals surface area contributed by atoms with E-state index >= 15 is 0 Å². The minimum Gasteiger partial charge on any atom is -0.463 e. The van der Waals surface area contributed by atoms with Crippen molar-refractivity contribution in [3.05, 3.63) is 0 Å². The Morgan fingerprint density at radius 2 is 2.00 bits per heavy atom. The average Bonchev–Trinajstić information content (AvgIpc) is 2.71. The third kappa shape index (κ3) is 2.65. The number of hydrogen-bond donors (Lipinski definition) is 2. The second-order valence-electron chi connectivity index (χ2n) is 4.93.